The van der Waals surface area contributed by atoms with Crippen LogP contribution in [0.15, 0.2) is 48.7 Å². The van der Waals surface area contributed by atoms with E-state index in [-0.39, 0.29) is 30.0 Å². The molecule has 0 spiro atoms. The van der Waals surface area contributed by atoms with Gasteiger partial charge in [-0.2, -0.15) is 0 Å². The summed E-state index contributed by atoms with van der Waals surface area (Å²) in [6, 6.07) is 10.1. The number of hydrogen-bond acceptors (Lipinski definition) is 4. The molecule has 0 aliphatic heterocycles. The Morgan fingerprint density at radius 2 is 1.91 bits per heavy atom. The van der Waals surface area contributed by atoms with Gasteiger partial charge in [0.05, 0.1) is 23.9 Å². The lowest BCUT2D eigenvalue weighted by Gasteiger charge is -2.39. The van der Waals surface area contributed by atoms with Crippen LogP contribution in [0, 0.1) is 23.6 Å². The molecule has 1 aromatic carbocycles. The summed E-state index contributed by atoms with van der Waals surface area (Å²) in [6.07, 6.45) is 7.29. The maximum absolute atomic E-state index is 13.5. The van der Waals surface area contributed by atoms with Gasteiger partial charge in [0.25, 0.3) is 0 Å². The van der Waals surface area contributed by atoms with Crippen LogP contribution in [0.5, 0.6) is 0 Å². The second-order valence-electron chi connectivity index (χ2n) is 8.65. The Kier molecular flexibility index (Phi) is 6.86. The lowest BCUT2D eigenvalue weighted by atomic mass is 9.74. The molecule has 2 saturated carbocycles. The van der Waals surface area contributed by atoms with E-state index in [0.717, 1.165) is 36.1 Å². The third kappa shape index (κ3) is 4.84. The molecule has 2 N–H and O–H groups in total. The number of pyridine rings is 1. The van der Waals surface area contributed by atoms with E-state index in [4.69, 9.17) is 9.47 Å². The topological polar surface area (TPSA) is 80.7 Å². The highest BCUT2D eigenvalue weighted by atomic mass is 19.1. The minimum Gasteiger partial charge on any atom is -0.465 e. The Bertz CT molecular complexity index is 965. The van der Waals surface area contributed by atoms with Crippen molar-refractivity contribution in [3.05, 3.63) is 60.2 Å². The summed E-state index contributed by atoms with van der Waals surface area (Å²) in [7, 11) is 3.37. The average Bonchev–Trinajstić information content (AvgIpc) is 3.13. The van der Waals surface area contributed by atoms with Gasteiger partial charge in [-0.05, 0) is 60.9 Å². The zero-order chi connectivity index (χ0) is 22.7. The summed E-state index contributed by atoms with van der Waals surface area (Å²) in [5.74, 6) is 0.637. The Hall–Kier alpha value is -2.77. The maximum Gasteiger partial charge on any atom is 0.404 e. The minimum absolute atomic E-state index is 0.0777. The van der Waals surface area contributed by atoms with Crippen LogP contribution in [0.4, 0.5) is 9.18 Å². The molecule has 6 nitrogen and oxygen atoms in total. The Labute approximate surface area is 187 Å². The van der Waals surface area contributed by atoms with Gasteiger partial charge in [0.2, 0.25) is 0 Å². The number of halogens is 1. The van der Waals surface area contributed by atoms with Gasteiger partial charge in [-0.25, -0.2) is 9.18 Å². The number of methoxy groups -OCH3 is 2. The monoisotopic (exact) mass is 440 g/mol. The number of benzene rings is 1. The van der Waals surface area contributed by atoms with Crippen LogP contribution in [0.3, 0.4) is 0 Å². The van der Waals surface area contributed by atoms with Crippen LogP contribution in [-0.2, 0) is 9.47 Å². The van der Waals surface area contributed by atoms with E-state index < -0.39 is 6.09 Å². The fraction of sp³-hybridized carbons (Fsp3) is 0.440. The highest BCUT2D eigenvalue weighted by Crippen LogP contribution is 2.48. The summed E-state index contributed by atoms with van der Waals surface area (Å²) >= 11 is 0. The van der Waals surface area contributed by atoms with Gasteiger partial charge in [-0.3, -0.25) is 4.98 Å². The third-order valence-corrected chi connectivity index (χ3v) is 6.92. The van der Waals surface area contributed by atoms with E-state index in [2.05, 4.69) is 16.4 Å². The molecule has 2 aromatic rings. The zero-order valence-corrected chi connectivity index (χ0v) is 18.3. The van der Waals surface area contributed by atoms with Crippen molar-refractivity contribution in [3.63, 3.8) is 0 Å². The summed E-state index contributed by atoms with van der Waals surface area (Å²) < 4.78 is 24.9. The molecule has 0 bridgehead atoms. The van der Waals surface area contributed by atoms with Gasteiger partial charge in [0.15, 0.2) is 0 Å². The second kappa shape index (κ2) is 9.79. The summed E-state index contributed by atoms with van der Waals surface area (Å²) in [6.45, 7) is 0. The lowest BCUT2D eigenvalue weighted by Crippen LogP contribution is -2.49. The summed E-state index contributed by atoms with van der Waals surface area (Å²) in [4.78, 5) is 15.8. The van der Waals surface area contributed by atoms with Crippen LogP contribution in [-0.4, -0.2) is 48.7 Å². The van der Waals surface area contributed by atoms with Crippen molar-refractivity contribution in [2.75, 3.05) is 14.2 Å². The van der Waals surface area contributed by atoms with E-state index in [1.165, 1.54) is 12.1 Å². The standard InChI is InChI=1S/C25H29FN2O4/c1-31-23-11-17-12-24(32-2)22(28-25(29)30)13-21(17)20(23)9-8-19-7-6-16(14-27-19)15-4-3-5-18(26)10-15/h3-10,14,17,20-24,28H,11-13H2,1-2H3,(H,29,30)/t17-,20+,21-,22+,23+,24+/m1/s1. The van der Waals surface area contributed by atoms with Gasteiger partial charge >= 0.3 is 6.09 Å². The van der Waals surface area contributed by atoms with Crippen LogP contribution >= 0.6 is 0 Å². The largest absolute Gasteiger partial charge is 0.465 e. The zero-order valence-electron chi connectivity index (χ0n) is 18.3. The molecule has 0 unspecified atom stereocenters. The van der Waals surface area contributed by atoms with Crippen LogP contribution in [0.25, 0.3) is 17.2 Å². The molecule has 4 rings (SSSR count). The van der Waals surface area contributed by atoms with E-state index in [1.54, 1.807) is 26.5 Å². The molecule has 1 amide bonds. The first kappa shape index (κ1) is 22.4. The molecule has 2 aliphatic rings. The highest BCUT2D eigenvalue weighted by Gasteiger charge is 2.48. The van der Waals surface area contributed by atoms with Crippen molar-refractivity contribution in [2.24, 2.45) is 17.8 Å². The van der Waals surface area contributed by atoms with Crippen molar-refractivity contribution < 1.29 is 23.8 Å². The molecule has 0 radical (unpaired) electrons. The number of carboxylic acid groups (broad SMARTS) is 1. The fourth-order valence-electron chi connectivity index (χ4n) is 5.39. The number of amides is 1. The number of fused-ring (bicyclic) bond motifs is 1. The molecule has 1 heterocycles. The number of nitrogens with one attached hydrogen (secondary N) is 1. The van der Waals surface area contributed by atoms with E-state index >= 15 is 0 Å². The van der Waals surface area contributed by atoms with Crippen molar-refractivity contribution >= 4 is 12.2 Å². The fourth-order valence-corrected chi connectivity index (χ4v) is 5.39. The van der Waals surface area contributed by atoms with E-state index in [0.29, 0.717) is 11.8 Å². The number of aromatic nitrogens is 1. The number of ether oxygens (including phenoxy) is 2. The smallest absolute Gasteiger partial charge is 0.404 e. The summed E-state index contributed by atoms with van der Waals surface area (Å²) in [5, 5.41) is 11.9. The molecule has 6 atom stereocenters. The first-order chi connectivity index (χ1) is 15.5. The van der Waals surface area contributed by atoms with Crippen molar-refractivity contribution in [1.82, 2.24) is 10.3 Å². The first-order valence-corrected chi connectivity index (χ1v) is 10.9. The van der Waals surface area contributed by atoms with Crippen LogP contribution < -0.4 is 5.32 Å². The van der Waals surface area contributed by atoms with Gasteiger partial charge in [0.1, 0.15) is 5.82 Å². The summed E-state index contributed by atoms with van der Waals surface area (Å²) in [5.41, 5.74) is 2.46. The molecule has 2 aliphatic carbocycles. The molecular formula is C25H29FN2O4. The van der Waals surface area contributed by atoms with Crippen molar-refractivity contribution in [3.8, 4) is 11.1 Å². The lowest BCUT2D eigenvalue weighted by molar-refractivity contribution is 0.00551. The maximum atomic E-state index is 13.5. The number of carbonyl (C=O) groups is 1. The highest BCUT2D eigenvalue weighted by molar-refractivity contribution is 5.65. The van der Waals surface area contributed by atoms with Crippen molar-refractivity contribution in [2.45, 2.75) is 37.5 Å². The molecule has 32 heavy (non-hydrogen) atoms. The molecule has 2 fully saturated rings. The average molecular weight is 441 g/mol. The Balaban J connectivity index is 1.50. The SMILES string of the molecule is CO[C@H]1C[C@@H]2C[C@H](OC)[C@@H](NC(=O)O)C[C@H]2[C@@H]1C=Cc1ccc(-c2cccc(F)c2)cn1. The van der Waals surface area contributed by atoms with Crippen LogP contribution in [0.1, 0.15) is 25.0 Å². The van der Waals surface area contributed by atoms with Gasteiger partial charge in [0, 0.05) is 31.9 Å². The van der Waals surface area contributed by atoms with Crippen molar-refractivity contribution in [1.29, 1.82) is 0 Å². The number of rotatable bonds is 6. The predicted molar refractivity (Wildman–Crippen MR) is 120 cm³/mol. The quantitative estimate of drug-likeness (QED) is 0.686. The molecule has 170 valence electrons. The number of nitrogens with zero attached hydrogens (tertiary/aromatic N) is 1. The van der Waals surface area contributed by atoms with Gasteiger partial charge in [-0.1, -0.05) is 24.3 Å². The molecule has 0 saturated heterocycles. The first-order valence-electron chi connectivity index (χ1n) is 10.9. The molecule has 7 heteroatoms. The Morgan fingerprint density at radius 3 is 2.56 bits per heavy atom. The van der Waals surface area contributed by atoms with Crippen LogP contribution in [0.2, 0.25) is 0 Å². The van der Waals surface area contributed by atoms with Gasteiger partial charge in [-0.15, -0.1) is 0 Å². The molecular weight excluding hydrogens is 411 g/mol. The third-order valence-electron chi connectivity index (χ3n) is 6.92. The Morgan fingerprint density at radius 1 is 1.12 bits per heavy atom. The predicted octanol–water partition coefficient (Wildman–Crippen LogP) is 4.61. The normalized spacial score (nSPS) is 29.7. The van der Waals surface area contributed by atoms with E-state index in [1.807, 2.05) is 24.3 Å². The number of hydrogen-bond donors (Lipinski definition) is 2. The second-order valence-corrected chi connectivity index (χ2v) is 8.65. The van der Waals surface area contributed by atoms with Gasteiger partial charge < -0.3 is 19.9 Å². The molecule has 1 aromatic heterocycles. The van der Waals surface area contributed by atoms with E-state index in [9.17, 15) is 14.3 Å². The minimum atomic E-state index is -1.02.